The van der Waals surface area contributed by atoms with Crippen molar-refractivity contribution in [2.75, 3.05) is 26.8 Å². The third kappa shape index (κ3) is 9.57. The van der Waals surface area contributed by atoms with Crippen LogP contribution in [-0.2, 0) is 4.74 Å². The van der Waals surface area contributed by atoms with Gasteiger partial charge in [-0.05, 0) is 32.2 Å². The summed E-state index contributed by atoms with van der Waals surface area (Å²) in [7, 11) is 1.73. The number of unbranched alkanes of at least 4 members (excludes halogenated alkanes) is 1. The van der Waals surface area contributed by atoms with Gasteiger partial charge < -0.3 is 10.1 Å². The summed E-state index contributed by atoms with van der Waals surface area (Å²) < 4.78 is 4.93. The van der Waals surface area contributed by atoms with Crippen LogP contribution in [0.15, 0.2) is 12.2 Å². The number of allylic oxidation sites excluding steroid dienone is 1. The molecule has 0 aromatic carbocycles. The fraction of sp³-hybridized carbons (Fsp3) is 0.818. The largest absolute Gasteiger partial charge is 0.383 e. The zero-order chi connectivity index (χ0) is 9.94. The highest BCUT2D eigenvalue weighted by Gasteiger charge is 1.91. The van der Waals surface area contributed by atoms with Crippen molar-refractivity contribution >= 4 is 0 Å². The molecule has 0 spiro atoms. The number of nitrogens with one attached hydrogen (secondary N) is 1. The van der Waals surface area contributed by atoms with Gasteiger partial charge in [-0.1, -0.05) is 19.1 Å². The number of hydrogen-bond acceptors (Lipinski definition) is 2. The second-order valence-electron chi connectivity index (χ2n) is 3.30. The van der Waals surface area contributed by atoms with E-state index in [4.69, 9.17) is 4.74 Å². The molecule has 0 amide bonds. The van der Waals surface area contributed by atoms with Gasteiger partial charge in [-0.2, -0.15) is 0 Å². The molecule has 1 N–H and O–H groups in total. The quantitative estimate of drug-likeness (QED) is 0.440. The van der Waals surface area contributed by atoms with Crippen LogP contribution in [0.3, 0.4) is 0 Å². The molecule has 0 aliphatic carbocycles. The Kier molecular flexibility index (Phi) is 9.49. The van der Waals surface area contributed by atoms with E-state index in [9.17, 15) is 0 Å². The van der Waals surface area contributed by atoms with Gasteiger partial charge in [0.05, 0.1) is 6.61 Å². The lowest BCUT2D eigenvalue weighted by atomic mass is 10.1. The van der Waals surface area contributed by atoms with Gasteiger partial charge in [-0.25, -0.2) is 0 Å². The summed E-state index contributed by atoms with van der Waals surface area (Å²) in [5, 5.41) is 3.32. The van der Waals surface area contributed by atoms with E-state index >= 15 is 0 Å². The monoisotopic (exact) mass is 185 g/mol. The molecule has 0 aliphatic heterocycles. The van der Waals surface area contributed by atoms with Crippen molar-refractivity contribution in [1.29, 1.82) is 0 Å². The maximum absolute atomic E-state index is 4.93. The molecule has 0 aromatic heterocycles. The molecule has 0 radical (unpaired) electrons. The Balaban J connectivity index is 2.95. The highest BCUT2D eigenvalue weighted by Crippen LogP contribution is 2.07. The van der Waals surface area contributed by atoms with E-state index in [1.54, 1.807) is 7.11 Å². The minimum absolute atomic E-state index is 0.807. The second-order valence-corrected chi connectivity index (χ2v) is 3.30. The van der Waals surface area contributed by atoms with Crippen LogP contribution in [0.1, 0.15) is 32.6 Å². The summed E-state index contributed by atoms with van der Waals surface area (Å²) in [6, 6.07) is 0. The zero-order valence-electron chi connectivity index (χ0n) is 9.07. The van der Waals surface area contributed by atoms with Crippen LogP contribution >= 0.6 is 0 Å². The molecule has 0 rings (SSSR count). The Morgan fingerprint density at radius 1 is 1.31 bits per heavy atom. The van der Waals surface area contributed by atoms with E-state index in [1.165, 1.54) is 24.8 Å². The average molecular weight is 185 g/mol. The molecule has 0 unspecified atom stereocenters. The summed E-state index contributed by atoms with van der Waals surface area (Å²) in [6.07, 6.45) is 4.80. The maximum Gasteiger partial charge on any atom is 0.0587 e. The van der Waals surface area contributed by atoms with Gasteiger partial charge in [0.15, 0.2) is 0 Å². The van der Waals surface area contributed by atoms with Crippen molar-refractivity contribution in [2.24, 2.45) is 0 Å². The van der Waals surface area contributed by atoms with E-state index in [2.05, 4.69) is 18.8 Å². The molecule has 0 saturated carbocycles. The first-order valence-corrected chi connectivity index (χ1v) is 5.17. The van der Waals surface area contributed by atoms with E-state index in [-0.39, 0.29) is 0 Å². The first-order chi connectivity index (χ1) is 6.31. The Hall–Kier alpha value is -0.340. The van der Waals surface area contributed by atoms with Crippen LogP contribution in [0.2, 0.25) is 0 Å². The lowest BCUT2D eigenvalue weighted by Gasteiger charge is -2.04. The molecular weight excluding hydrogens is 162 g/mol. The van der Waals surface area contributed by atoms with Crippen LogP contribution in [0.25, 0.3) is 0 Å². The van der Waals surface area contributed by atoms with Crippen LogP contribution in [0, 0.1) is 0 Å². The van der Waals surface area contributed by atoms with Crippen molar-refractivity contribution in [3.05, 3.63) is 12.2 Å². The van der Waals surface area contributed by atoms with Gasteiger partial charge in [0.1, 0.15) is 0 Å². The molecule has 13 heavy (non-hydrogen) atoms. The second kappa shape index (κ2) is 9.75. The number of methoxy groups -OCH3 is 1. The van der Waals surface area contributed by atoms with Gasteiger partial charge in [-0.3, -0.25) is 0 Å². The molecule has 2 heteroatoms. The molecule has 2 nitrogen and oxygen atoms in total. The van der Waals surface area contributed by atoms with Gasteiger partial charge in [0, 0.05) is 13.7 Å². The number of ether oxygens (including phenoxy) is 1. The van der Waals surface area contributed by atoms with E-state index in [0.717, 1.165) is 26.1 Å². The Morgan fingerprint density at radius 2 is 2.08 bits per heavy atom. The van der Waals surface area contributed by atoms with Crippen molar-refractivity contribution in [3.63, 3.8) is 0 Å². The van der Waals surface area contributed by atoms with E-state index in [1.807, 2.05) is 0 Å². The standard InChI is InChI=1S/C11H23NO/c1-4-11(2)7-5-6-8-12-9-10-13-3/h12H,2,4-10H2,1,3H3. The summed E-state index contributed by atoms with van der Waals surface area (Å²) in [6.45, 7) is 9.01. The fourth-order valence-corrected chi connectivity index (χ4v) is 1.10. The van der Waals surface area contributed by atoms with Crippen molar-refractivity contribution in [1.82, 2.24) is 5.32 Å². The Bertz CT molecular complexity index is 123. The van der Waals surface area contributed by atoms with Crippen LogP contribution in [0.4, 0.5) is 0 Å². The smallest absolute Gasteiger partial charge is 0.0587 e. The van der Waals surface area contributed by atoms with Crippen molar-refractivity contribution in [3.8, 4) is 0 Å². The lowest BCUT2D eigenvalue weighted by molar-refractivity contribution is 0.199. The minimum Gasteiger partial charge on any atom is -0.383 e. The van der Waals surface area contributed by atoms with Gasteiger partial charge in [-0.15, -0.1) is 0 Å². The highest BCUT2D eigenvalue weighted by atomic mass is 16.5. The molecule has 0 heterocycles. The Labute approximate surface area is 82.4 Å². The first-order valence-electron chi connectivity index (χ1n) is 5.17. The van der Waals surface area contributed by atoms with Gasteiger partial charge >= 0.3 is 0 Å². The van der Waals surface area contributed by atoms with Gasteiger partial charge in [0.2, 0.25) is 0 Å². The predicted molar refractivity (Wildman–Crippen MR) is 58.0 cm³/mol. The van der Waals surface area contributed by atoms with Crippen LogP contribution in [0.5, 0.6) is 0 Å². The zero-order valence-corrected chi connectivity index (χ0v) is 9.07. The molecule has 0 saturated heterocycles. The number of rotatable bonds is 9. The molecule has 0 fully saturated rings. The van der Waals surface area contributed by atoms with Crippen LogP contribution < -0.4 is 5.32 Å². The number of hydrogen-bond donors (Lipinski definition) is 1. The molecule has 78 valence electrons. The minimum atomic E-state index is 0.807. The van der Waals surface area contributed by atoms with E-state index in [0.29, 0.717) is 0 Å². The molecule has 0 atom stereocenters. The van der Waals surface area contributed by atoms with Gasteiger partial charge in [0.25, 0.3) is 0 Å². The summed E-state index contributed by atoms with van der Waals surface area (Å²) in [5.41, 5.74) is 1.37. The molecular formula is C11H23NO. The summed E-state index contributed by atoms with van der Waals surface area (Å²) in [4.78, 5) is 0. The van der Waals surface area contributed by atoms with E-state index < -0.39 is 0 Å². The fourth-order valence-electron chi connectivity index (χ4n) is 1.10. The van der Waals surface area contributed by atoms with Crippen molar-refractivity contribution < 1.29 is 4.74 Å². The summed E-state index contributed by atoms with van der Waals surface area (Å²) >= 11 is 0. The average Bonchev–Trinajstić information content (AvgIpc) is 2.16. The third-order valence-electron chi connectivity index (χ3n) is 2.12. The Morgan fingerprint density at radius 3 is 2.69 bits per heavy atom. The maximum atomic E-state index is 4.93. The normalized spacial score (nSPS) is 10.3. The molecule has 0 aromatic rings. The van der Waals surface area contributed by atoms with Crippen LogP contribution in [-0.4, -0.2) is 26.8 Å². The molecule has 0 bridgehead atoms. The predicted octanol–water partition coefficient (Wildman–Crippen LogP) is 2.36. The SMILES string of the molecule is C=C(CC)CCCCNCCOC. The highest BCUT2D eigenvalue weighted by molar-refractivity contribution is 4.91. The first kappa shape index (κ1) is 12.7. The summed E-state index contributed by atoms with van der Waals surface area (Å²) in [5.74, 6) is 0. The van der Waals surface area contributed by atoms with Crippen molar-refractivity contribution in [2.45, 2.75) is 32.6 Å². The topological polar surface area (TPSA) is 21.3 Å². The lowest BCUT2D eigenvalue weighted by Crippen LogP contribution is -2.20. The third-order valence-corrected chi connectivity index (χ3v) is 2.12. The molecule has 0 aliphatic rings.